The van der Waals surface area contributed by atoms with Gasteiger partial charge >= 0.3 is 17.9 Å². The van der Waals surface area contributed by atoms with Gasteiger partial charge in [0.25, 0.3) is 0 Å². The van der Waals surface area contributed by atoms with Gasteiger partial charge in [0.15, 0.2) is 6.04 Å². The van der Waals surface area contributed by atoms with Crippen molar-refractivity contribution in [3.8, 4) is 0 Å². The van der Waals surface area contributed by atoms with E-state index in [1.807, 2.05) is 16.0 Å². The third-order valence-corrected chi connectivity index (χ3v) is 3.23. The molecule has 3 amide bonds. The Labute approximate surface area is 158 Å². The molecular formula is C14H22N4O10. The number of carbonyl (C=O) groups excluding carboxylic acids is 3. The molecule has 0 fully saturated rings. The zero-order valence-electron chi connectivity index (χ0n) is 14.7. The topological polar surface area (TPSA) is 245 Å². The highest BCUT2D eigenvalue weighted by molar-refractivity contribution is 5.94. The second-order valence-corrected chi connectivity index (χ2v) is 5.71. The van der Waals surface area contributed by atoms with E-state index in [1.54, 1.807) is 0 Å². The molecule has 0 saturated carbocycles. The zero-order valence-corrected chi connectivity index (χ0v) is 14.7. The van der Waals surface area contributed by atoms with Crippen LogP contribution < -0.4 is 21.7 Å². The van der Waals surface area contributed by atoms with Gasteiger partial charge in [-0.3, -0.25) is 24.0 Å². The molecule has 14 nitrogen and oxygen atoms in total. The fourth-order valence-corrected chi connectivity index (χ4v) is 1.85. The highest BCUT2D eigenvalue weighted by Crippen LogP contribution is 1.99. The molecule has 0 aromatic carbocycles. The summed E-state index contributed by atoms with van der Waals surface area (Å²) in [6.07, 6.45) is -3.10. The smallest absolute Gasteiger partial charge is 0.328 e. The molecule has 158 valence electrons. The van der Waals surface area contributed by atoms with E-state index in [0.717, 1.165) is 6.92 Å². The minimum atomic E-state index is -1.74. The molecule has 9 N–H and O–H groups in total. The van der Waals surface area contributed by atoms with Crippen LogP contribution >= 0.6 is 0 Å². The summed E-state index contributed by atoms with van der Waals surface area (Å²) in [4.78, 5) is 67.7. The van der Waals surface area contributed by atoms with E-state index in [-0.39, 0.29) is 0 Å². The van der Waals surface area contributed by atoms with Gasteiger partial charge in [-0.05, 0) is 6.92 Å². The van der Waals surface area contributed by atoms with Gasteiger partial charge in [-0.25, -0.2) is 4.79 Å². The predicted molar refractivity (Wildman–Crippen MR) is 88.7 cm³/mol. The summed E-state index contributed by atoms with van der Waals surface area (Å²) >= 11 is 0. The van der Waals surface area contributed by atoms with Crippen LogP contribution in [0.15, 0.2) is 0 Å². The molecule has 0 heterocycles. The summed E-state index contributed by atoms with van der Waals surface area (Å²) in [5.41, 5.74) is 5.29. The van der Waals surface area contributed by atoms with E-state index in [0.29, 0.717) is 0 Å². The highest BCUT2D eigenvalue weighted by Gasteiger charge is 2.30. The Balaban J connectivity index is 4.90. The third-order valence-electron chi connectivity index (χ3n) is 3.23. The van der Waals surface area contributed by atoms with Crippen LogP contribution in [0.3, 0.4) is 0 Å². The maximum atomic E-state index is 12.1. The Morgan fingerprint density at radius 1 is 0.893 bits per heavy atom. The lowest BCUT2D eigenvalue weighted by molar-refractivity contribution is -0.145. The van der Waals surface area contributed by atoms with Crippen molar-refractivity contribution in [3.63, 3.8) is 0 Å². The molecule has 0 aromatic heterocycles. The Bertz CT molecular complexity index is 636. The standard InChI is InChI=1S/C14H22N4O10/c1-5(19)11(14(27)28)18-13(26)7(3-10(23)24)17-8(20)4-16-12(25)6(15)2-9(21)22/h5-7,11,19H,2-4,15H2,1H3,(H,16,25)(H,17,20)(H,18,26)(H,21,22)(H,23,24)(H,27,28). The number of carbonyl (C=O) groups is 6. The number of carboxylic acid groups (broad SMARTS) is 3. The molecule has 0 rings (SSSR count). The van der Waals surface area contributed by atoms with Gasteiger partial charge in [0.05, 0.1) is 31.5 Å². The SMILES string of the molecule is CC(O)C(NC(=O)C(CC(=O)O)NC(=O)CNC(=O)C(N)CC(=O)O)C(=O)O. The summed E-state index contributed by atoms with van der Waals surface area (Å²) in [6, 6.07) is -4.87. The number of nitrogens with one attached hydrogen (secondary N) is 3. The number of aliphatic carboxylic acids is 3. The molecule has 14 heteroatoms. The summed E-state index contributed by atoms with van der Waals surface area (Å²) in [5.74, 6) is -7.56. The highest BCUT2D eigenvalue weighted by atomic mass is 16.4. The second-order valence-electron chi connectivity index (χ2n) is 5.71. The summed E-state index contributed by atoms with van der Waals surface area (Å²) < 4.78 is 0. The van der Waals surface area contributed by atoms with Crippen LogP contribution in [0.2, 0.25) is 0 Å². The molecule has 0 bridgehead atoms. The minimum Gasteiger partial charge on any atom is -0.481 e. The maximum absolute atomic E-state index is 12.1. The summed E-state index contributed by atoms with van der Waals surface area (Å²) in [7, 11) is 0. The first-order valence-corrected chi connectivity index (χ1v) is 7.82. The lowest BCUT2D eigenvalue weighted by Crippen LogP contribution is -2.56. The maximum Gasteiger partial charge on any atom is 0.328 e. The summed E-state index contributed by atoms with van der Waals surface area (Å²) in [5, 5.41) is 41.5. The molecular weight excluding hydrogens is 384 g/mol. The van der Waals surface area contributed by atoms with Crippen molar-refractivity contribution in [1.82, 2.24) is 16.0 Å². The second kappa shape index (κ2) is 11.5. The van der Waals surface area contributed by atoms with Gasteiger partial charge < -0.3 is 42.1 Å². The largest absolute Gasteiger partial charge is 0.481 e. The monoisotopic (exact) mass is 406 g/mol. The Morgan fingerprint density at radius 2 is 1.43 bits per heavy atom. The molecule has 0 radical (unpaired) electrons. The molecule has 0 aliphatic carbocycles. The first kappa shape index (κ1) is 24.7. The van der Waals surface area contributed by atoms with Gasteiger partial charge in [0, 0.05) is 0 Å². The minimum absolute atomic E-state index is 0.687. The van der Waals surface area contributed by atoms with Crippen molar-refractivity contribution in [2.45, 2.75) is 44.0 Å². The van der Waals surface area contributed by atoms with Crippen molar-refractivity contribution < 1.29 is 49.2 Å². The zero-order chi connectivity index (χ0) is 22.0. The van der Waals surface area contributed by atoms with Gasteiger partial charge in [0.1, 0.15) is 6.04 Å². The van der Waals surface area contributed by atoms with Gasteiger partial charge in [0.2, 0.25) is 17.7 Å². The Hall–Kier alpha value is -3.26. The lowest BCUT2D eigenvalue weighted by atomic mass is 10.1. The van der Waals surface area contributed by atoms with Crippen LogP contribution in [-0.2, 0) is 28.8 Å². The molecule has 0 spiro atoms. The van der Waals surface area contributed by atoms with Crippen LogP contribution in [-0.4, -0.2) is 86.8 Å². The average molecular weight is 406 g/mol. The number of carboxylic acids is 3. The summed E-state index contributed by atoms with van der Waals surface area (Å²) in [6.45, 7) is 0.341. The van der Waals surface area contributed by atoms with Crippen molar-refractivity contribution in [1.29, 1.82) is 0 Å². The van der Waals surface area contributed by atoms with Crippen LogP contribution in [0.1, 0.15) is 19.8 Å². The van der Waals surface area contributed by atoms with E-state index < -0.39 is 79.2 Å². The third kappa shape index (κ3) is 9.44. The van der Waals surface area contributed by atoms with E-state index in [4.69, 9.17) is 21.1 Å². The van der Waals surface area contributed by atoms with E-state index in [9.17, 15) is 33.9 Å². The lowest BCUT2D eigenvalue weighted by Gasteiger charge is -2.22. The number of amides is 3. The first-order valence-electron chi connectivity index (χ1n) is 7.82. The molecule has 0 aromatic rings. The first-order chi connectivity index (χ1) is 12.8. The van der Waals surface area contributed by atoms with E-state index >= 15 is 0 Å². The Kier molecular flexibility index (Phi) is 10.1. The normalized spacial score (nSPS) is 14.7. The number of aliphatic hydroxyl groups is 1. The van der Waals surface area contributed by atoms with Gasteiger partial charge in [-0.2, -0.15) is 0 Å². The van der Waals surface area contributed by atoms with Crippen molar-refractivity contribution in [2.24, 2.45) is 5.73 Å². The molecule has 0 saturated heterocycles. The number of nitrogens with two attached hydrogens (primary N) is 1. The fraction of sp³-hybridized carbons (Fsp3) is 0.571. The quantitative estimate of drug-likeness (QED) is 0.154. The number of hydrogen-bond donors (Lipinski definition) is 8. The predicted octanol–water partition coefficient (Wildman–Crippen LogP) is -4.19. The van der Waals surface area contributed by atoms with Crippen molar-refractivity contribution in [2.75, 3.05) is 6.54 Å². The molecule has 0 aliphatic heterocycles. The fourth-order valence-electron chi connectivity index (χ4n) is 1.85. The van der Waals surface area contributed by atoms with Crippen molar-refractivity contribution >= 4 is 35.6 Å². The number of aliphatic hydroxyl groups excluding tert-OH is 1. The van der Waals surface area contributed by atoms with E-state index in [1.165, 1.54) is 0 Å². The average Bonchev–Trinajstić information content (AvgIpc) is 2.54. The number of hydrogen-bond acceptors (Lipinski definition) is 8. The molecule has 0 aliphatic rings. The van der Waals surface area contributed by atoms with Crippen molar-refractivity contribution in [3.05, 3.63) is 0 Å². The van der Waals surface area contributed by atoms with E-state index in [2.05, 4.69) is 0 Å². The molecule has 4 unspecified atom stereocenters. The van der Waals surface area contributed by atoms with Crippen LogP contribution in [0, 0.1) is 0 Å². The molecule has 28 heavy (non-hydrogen) atoms. The van der Waals surface area contributed by atoms with Crippen LogP contribution in [0.4, 0.5) is 0 Å². The van der Waals surface area contributed by atoms with Gasteiger partial charge in [-0.15, -0.1) is 0 Å². The van der Waals surface area contributed by atoms with Gasteiger partial charge in [-0.1, -0.05) is 0 Å². The van der Waals surface area contributed by atoms with Crippen LogP contribution in [0.5, 0.6) is 0 Å². The molecule has 4 atom stereocenters. The number of rotatable bonds is 12. The van der Waals surface area contributed by atoms with Crippen LogP contribution in [0.25, 0.3) is 0 Å². The Morgan fingerprint density at radius 3 is 1.86 bits per heavy atom.